The highest BCUT2D eigenvalue weighted by atomic mass is 19.4. The fourth-order valence-electron chi connectivity index (χ4n) is 1.78. The minimum absolute atomic E-state index is 0.170. The molecule has 2 aromatic rings. The van der Waals surface area contributed by atoms with Crippen LogP contribution in [0.3, 0.4) is 0 Å². The Morgan fingerprint density at radius 3 is 2.46 bits per heavy atom. The van der Waals surface area contributed by atoms with Crippen molar-refractivity contribution in [3.8, 4) is 5.75 Å². The van der Waals surface area contributed by atoms with Gasteiger partial charge in [-0.2, -0.15) is 0 Å². The van der Waals surface area contributed by atoms with E-state index in [-0.39, 0.29) is 17.9 Å². The van der Waals surface area contributed by atoms with Crippen LogP contribution in [0.1, 0.15) is 16.1 Å². The molecular formula is C15H15F3N4O2. The number of halogens is 3. The lowest BCUT2D eigenvalue weighted by atomic mass is 10.2. The van der Waals surface area contributed by atoms with Crippen LogP contribution >= 0.6 is 0 Å². The van der Waals surface area contributed by atoms with Crippen LogP contribution in [0, 0.1) is 0 Å². The van der Waals surface area contributed by atoms with Gasteiger partial charge in [0.1, 0.15) is 5.75 Å². The lowest BCUT2D eigenvalue weighted by Gasteiger charge is -2.11. The number of ether oxygens (including phenoxy) is 1. The summed E-state index contributed by atoms with van der Waals surface area (Å²) in [6.45, 7) is 0.170. The number of hydrogen-bond donors (Lipinski definition) is 1. The SMILES string of the molecule is CN(C)c1nccc(CNC(=O)c2ccc(OC(F)(F)F)cc2)n1. The maximum absolute atomic E-state index is 12.1. The zero-order valence-corrected chi connectivity index (χ0v) is 13.0. The molecule has 1 N–H and O–H groups in total. The Labute approximate surface area is 136 Å². The number of anilines is 1. The van der Waals surface area contributed by atoms with Gasteiger partial charge in [0.05, 0.1) is 12.2 Å². The fourth-order valence-corrected chi connectivity index (χ4v) is 1.78. The molecule has 9 heteroatoms. The number of nitrogens with zero attached hydrogens (tertiary/aromatic N) is 3. The summed E-state index contributed by atoms with van der Waals surface area (Å²) in [5, 5.41) is 2.64. The van der Waals surface area contributed by atoms with Crippen molar-refractivity contribution in [1.82, 2.24) is 15.3 Å². The molecule has 0 bridgehead atoms. The lowest BCUT2D eigenvalue weighted by molar-refractivity contribution is -0.274. The maximum Gasteiger partial charge on any atom is 0.573 e. The van der Waals surface area contributed by atoms with Gasteiger partial charge in [-0.25, -0.2) is 9.97 Å². The van der Waals surface area contributed by atoms with E-state index in [1.165, 1.54) is 12.1 Å². The van der Waals surface area contributed by atoms with Gasteiger partial charge in [-0.15, -0.1) is 13.2 Å². The molecule has 0 radical (unpaired) electrons. The molecule has 24 heavy (non-hydrogen) atoms. The Kier molecular flexibility index (Phi) is 5.22. The van der Waals surface area contributed by atoms with Crippen molar-refractivity contribution in [2.45, 2.75) is 12.9 Å². The summed E-state index contributed by atoms with van der Waals surface area (Å²) in [6, 6.07) is 6.32. The number of aromatic nitrogens is 2. The summed E-state index contributed by atoms with van der Waals surface area (Å²) in [6.07, 6.45) is -3.19. The van der Waals surface area contributed by atoms with Gasteiger partial charge in [0.25, 0.3) is 5.91 Å². The van der Waals surface area contributed by atoms with Crippen LogP contribution < -0.4 is 15.0 Å². The molecule has 0 aliphatic rings. The van der Waals surface area contributed by atoms with Gasteiger partial charge >= 0.3 is 6.36 Å². The topological polar surface area (TPSA) is 67.4 Å². The number of nitrogens with one attached hydrogen (secondary N) is 1. The fraction of sp³-hybridized carbons (Fsp3) is 0.267. The van der Waals surface area contributed by atoms with E-state index in [1.54, 1.807) is 31.3 Å². The predicted octanol–water partition coefficient (Wildman–Crippen LogP) is 2.37. The van der Waals surface area contributed by atoms with Crippen molar-refractivity contribution in [2.75, 3.05) is 19.0 Å². The van der Waals surface area contributed by atoms with E-state index in [4.69, 9.17) is 0 Å². The van der Waals surface area contributed by atoms with Gasteiger partial charge in [-0.3, -0.25) is 4.79 Å². The van der Waals surface area contributed by atoms with E-state index in [1.807, 2.05) is 0 Å². The summed E-state index contributed by atoms with van der Waals surface area (Å²) in [7, 11) is 3.59. The molecule has 0 atom stereocenters. The highest BCUT2D eigenvalue weighted by Crippen LogP contribution is 2.22. The lowest BCUT2D eigenvalue weighted by Crippen LogP contribution is -2.24. The number of carbonyl (C=O) groups excluding carboxylic acids is 1. The third kappa shape index (κ3) is 5.11. The first-order valence-electron chi connectivity index (χ1n) is 6.88. The Morgan fingerprint density at radius 2 is 1.88 bits per heavy atom. The molecule has 2 rings (SSSR count). The van der Waals surface area contributed by atoms with Gasteiger partial charge in [-0.1, -0.05) is 0 Å². The van der Waals surface area contributed by atoms with E-state index in [0.717, 1.165) is 12.1 Å². The highest BCUT2D eigenvalue weighted by Gasteiger charge is 2.31. The normalized spacial score (nSPS) is 11.0. The molecular weight excluding hydrogens is 325 g/mol. The quantitative estimate of drug-likeness (QED) is 0.905. The Morgan fingerprint density at radius 1 is 1.21 bits per heavy atom. The van der Waals surface area contributed by atoms with E-state index in [2.05, 4.69) is 20.0 Å². The first-order chi connectivity index (χ1) is 11.2. The molecule has 0 fully saturated rings. The summed E-state index contributed by atoms with van der Waals surface area (Å²) < 4.78 is 40.0. The van der Waals surface area contributed by atoms with Gasteiger partial charge in [0.15, 0.2) is 0 Å². The van der Waals surface area contributed by atoms with Crippen molar-refractivity contribution in [1.29, 1.82) is 0 Å². The molecule has 1 aromatic carbocycles. The van der Waals surface area contributed by atoms with Gasteiger partial charge in [-0.05, 0) is 30.3 Å². The molecule has 1 heterocycles. The first kappa shape index (κ1) is 17.5. The largest absolute Gasteiger partial charge is 0.573 e. The van der Waals surface area contributed by atoms with Crippen LogP contribution in [0.15, 0.2) is 36.5 Å². The van der Waals surface area contributed by atoms with Crippen molar-refractivity contribution in [2.24, 2.45) is 0 Å². The third-order valence-corrected chi connectivity index (χ3v) is 2.88. The van der Waals surface area contributed by atoms with Crippen LogP contribution in [0.4, 0.5) is 19.1 Å². The number of rotatable bonds is 5. The minimum Gasteiger partial charge on any atom is -0.406 e. The first-order valence-corrected chi connectivity index (χ1v) is 6.88. The number of hydrogen-bond acceptors (Lipinski definition) is 5. The standard InChI is InChI=1S/C15H15F3N4O2/c1-22(2)14-19-8-7-11(21-14)9-20-13(23)10-3-5-12(6-4-10)24-15(16,17)18/h3-8H,9H2,1-2H3,(H,20,23). The summed E-state index contributed by atoms with van der Waals surface area (Å²) in [5.74, 6) is -0.306. The summed E-state index contributed by atoms with van der Waals surface area (Å²) >= 11 is 0. The van der Waals surface area contributed by atoms with E-state index >= 15 is 0 Å². The second-order valence-electron chi connectivity index (χ2n) is 5.00. The van der Waals surface area contributed by atoms with E-state index in [0.29, 0.717) is 11.6 Å². The minimum atomic E-state index is -4.76. The van der Waals surface area contributed by atoms with Gasteiger partial charge < -0.3 is 15.0 Å². The predicted molar refractivity (Wildman–Crippen MR) is 80.7 cm³/mol. The zero-order chi connectivity index (χ0) is 17.7. The van der Waals surface area contributed by atoms with E-state index < -0.39 is 12.3 Å². The molecule has 0 saturated carbocycles. The molecule has 0 aliphatic carbocycles. The third-order valence-electron chi connectivity index (χ3n) is 2.88. The molecule has 1 aromatic heterocycles. The molecule has 128 valence electrons. The van der Waals surface area contributed by atoms with Crippen LogP contribution in [0.5, 0.6) is 5.75 Å². The Bertz CT molecular complexity index is 703. The zero-order valence-electron chi connectivity index (χ0n) is 13.0. The van der Waals surface area contributed by atoms with Crippen molar-refractivity contribution in [3.05, 3.63) is 47.8 Å². The molecule has 6 nitrogen and oxygen atoms in total. The second kappa shape index (κ2) is 7.16. The number of alkyl halides is 3. The van der Waals surface area contributed by atoms with Gasteiger partial charge in [0, 0.05) is 25.9 Å². The van der Waals surface area contributed by atoms with Crippen molar-refractivity contribution >= 4 is 11.9 Å². The number of amides is 1. The van der Waals surface area contributed by atoms with Crippen LogP contribution in [0.25, 0.3) is 0 Å². The average molecular weight is 340 g/mol. The Hall–Kier alpha value is -2.84. The van der Waals surface area contributed by atoms with Crippen molar-refractivity contribution < 1.29 is 22.7 Å². The maximum atomic E-state index is 12.1. The monoisotopic (exact) mass is 340 g/mol. The van der Waals surface area contributed by atoms with Crippen LogP contribution in [-0.4, -0.2) is 36.3 Å². The highest BCUT2D eigenvalue weighted by molar-refractivity contribution is 5.94. The van der Waals surface area contributed by atoms with Crippen LogP contribution in [-0.2, 0) is 6.54 Å². The molecule has 0 aliphatic heterocycles. The van der Waals surface area contributed by atoms with Gasteiger partial charge in [0.2, 0.25) is 5.95 Å². The van der Waals surface area contributed by atoms with E-state index in [9.17, 15) is 18.0 Å². The second-order valence-corrected chi connectivity index (χ2v) is 5.00. The molecule has 0 spiro atoms. The Balaban J connectivity index is 1.96. The summed E-state index contributed by atoms with van der Waals surface area (Å²) in [5.41, 5.74) is 0.825. The smallest absolute Gasteiger partial charge is 0.406 e. The average Bonchev–Trinajstić information content (AvgIpc) is 2.52. The van der Waals surface area contributed by atoms with Crippen LogP contribution in [0.2, 0.25) is 0 Å². The molecule has 0 unspecified atom stereocenters. The molecule has 0 saturated heterocycles. The number of carbonyl (C=O) groups is 1. The summed E-state index contributed by atoms with van der Waals surface area (Å²) in [4.78, 5) is 22.0. The molecule has 1 amide bonds. The number of benzene rings is 1. The van der Waals surface area contributed by atoms with Crippen molar-refractivity contribution in [3.63, 3.8) is 0 Å².